The Morgan fingerprint density at radius 3 is 2.18 bits per heavy atom. The summed E-state index contributed by atoms with van der Waals surface area (Å²) in [6, 6.07) is 0.953. The average Bonchev–Trinajstić information content (AvgIpc) is 3.57. The van der Waals surface area contributed by atoms with Gasteiger partial charge in [0.1, 0.15) is 23.1 Å². The molecule has 2 rings (SSSR count). The summed E-state index contributed by atoms with van der Waals surface area (Å²) in [5.74, 6) is -7.79. The molecule has 15 nitrogen and oxygen atoms in total. The normalized spacial score (nSPS) is 18.7. The third-order valence-electron chi connectivity index (χ3n) is 8.84. The number of rotatable bonds is 20. The highest BCUT2D eigenvalue weighted by molar-refractivity contribution is 7.81. The van der Waals surface area contributed by atoms with Crippen LogP contribution >= 0.6 is 25.3 Å². The first-order valence-electron chi connectivity index (χ1n) is 16.0. The van der Waals surface area contributed by atoms with E-state index in [9.17, 15) is 48.9 Å². The van der Waals surface area contributed by atoms with Gasteiger partial charge in [0.15, 0.2) is 11.6 Å². The molecule has 1 saturated heterocycles. The Hall–Kier alpha value is -3.67. The molecular formula is C32H47N5O10S2. The van der Waals surface area contributed by atoms with E-state index >= 15 is 0 Å². The van der Waals surface area contributed by atoms with Crippen molar-refractivity contribution < 1.29 is 48.9 Å². The van der Waals surface area contributed by atoms with E-state index in [1.54, 1.807) is 19.1 Å². The number of amides is 4. The molecule has 0 aliphatic carbocycles. The Balaban J connectivity index is 2.22. The average molecular weight is 726 g/mol. The summed E-state index contributed by atoms with van der Waals surface area (Å²) < 4.78 is 0. The number of carboxylic acids is 1. The number of nitrogens with one attached hydrogen (secondary N) is 2. The molecule has 1 aliphatic rings. The number of thiol groups is 2. The van der Waals surface area contributed by atoms with Crippen LogP contribution in [0.2, 0.25) is 0 Å². The lowest BCUT2D eigenvalue weighted by molar-refractivity contribution is -0.145. The number of ketones is 2. The molecule has 1 aromatic carbocycles. The van der Waals surface area contributed by atoms with Crippen molar-refractivity contribution in [2.24, 2.45) is 29.2 Å². The van der Waals surface area contributed by atoms with Gasteiger partial charge in [0.2, 0.25) is 23.6 Å². The summed E-state index contributed by atoms with van der Waals surface area (Å²) in [7, 11) is 0. The minimum Gasteiger partial charge on any atom is -0.508 e. The van der Waals surface area contributed by atoms with Crippen molar-refractivity contribution >= 4 is 66.4 Å². The van der Waals surface area contributed by atoms with Gasteiger partial charge in [-0.2, -0.15) is 25.3 Å². The molecule has 1 fully saturated rings. The Bertz CT molecular complexity index is 1360. The zero-order valence-corrected chi connectivity index (χ0v) is 29.3. The molecule has 1 aromatic rings. The lowest BCUT2D eigenvalue weighted by Gasteiger charge is -2.32. The third-order valence-corrected chi connectivity index (χ3v) is 9.75. The van der Waals surface area contributed by atoms with Gasteiger partial charge >= 0.3 is 5.97 Å². The zero-order chi connectivity index (χ0) is 37.0. The van der Waals surface area contributed by atoms with E-state index in [-0.39, 0.29) is 43.2 Å². The minimum absolute atomic E-state index is 0.00666. The first-order valence-corrected chi connectivity index (χ1v) is 17.1. The fourth-order valence-electron chi connectivity index (χ4n) is 5.57. The predicted molar refractivity (Wildman–Crippen MR) is 185 cm³/mol. The van der Waals surface area contributed by atoms with Gasteiger partial charge in [-0.25, -0.2) is 0 Å². The molecule has 17 heteroatoms. The van der Waals surface area contributed by atoms with E-state index in [2.05, 4.69) is 35.9 Å². The van der Waals surface area contributed by atoms with Crippen LogP contribution < -0.4 is 22.1 Å². The van der Waals surface area contributed by atoms with E-state index < -0.39 is 95.4 Å². The van der Waals surface area contributed by atoms with E-state index in [0.29, 0.717) is 18.4 Å². The van der Waals surface area contributed by atoms with Crippen LogP contribution in [0.5, 0.6) is 5.75 Å². The molecule has 0 radical (unpaired) electrons. The van der Waals surface area contributed by atoms with Crippen molar-refractivity contribution in [1.29, 1.82) is 0 Å². The number of benzene rings is 1. The largest absolute Gasteiger partial charge is 0.508 e. The maximum atomic E-state index is 13.8. The topological polar surface area (TPSA) is 260 Å². The molecule has 49 heavy (non-hydrogen) atoms. The number of phenols is 1. The lowest BCUT2D eigenvalue weighted by Crippen LogP contribution is -2.54. The van der Waals surface area contributed by atoms with Crippen molar-refractivity contribution in [3.8, 4) is 5.75 Å². The Morgan fingerprint density at radius 1 is 1.02 bits per heavy atom. The molecule has 0 spiro atoms. The number of aliphatic carboxylic acids is 1. The van der Waals surface area contributed by atoms with E-state index in [0.717, 1.165) is 0 Å². The van der Waals surface area contributed by atoms with Crippen LogP contribution in [-0.2, 0) is 40.0 Å². The molecule has 272 valence electrons. The molecule has 0 saturated carbocycles. The summed E-state index contributed by atoms with van der Waals surface area (Å²) in [5, 5.41) is 31.8. The molecule has 1 heterocycles. The second-order valence-corrected chi connectivity index (χ2v) is 13.2. The van der Waals surface area contributed by atoms with Crippen LogP contribution in [0.15, 0.2) is 24.3 Å². The van der Waals surface area contributed by atoms with Gasteiger partial charge in [-0.05, 0) is 42.9 Å². The van der Waals surface area contributed by atoms with Crippen molar-refractivity contribution in [2.75, 3.05) is 18.9 Å². The second kappa shape index (κ2) is 19.5. The molecule has 0 aromatic heterocycles. The SMILES string of the molecule is CC[C@H](C)[C@H](CC(=O)[C@@H](N)[C@@H](S)C(=O)O)C(=O)N1CCC[C@H]1C(=O)N[C@@H](CS)C(=O)C[C@@H](Cc1ccc(O)cc1)C(=O)N[C@@H](CO)C(N)=O. The van der Waals surface area contributed by atoms with Gasteiger partial charge in [0.05, 0.1) is 18.7 Å². The summed E-state index contributed by atoms with van der Waals surface area (Å²) in [6.45, 7) is 3.06. The zero-order valence-electron chi connectivity index (χ0n) is 27.5. The smallest absolute Gasteiger partial charge is 0.318 e. The number of carbonyl (C=O) groups is 7. The summed E-state index contributed by atoms with van der Waals surface area (Å²) in [6.07, 6.45) is 0.545. The van der Waals surface area contributed by atoms with Gasteiger partial charge in [-0.1, -0.05) is 32.4 Å². The van der Waals surface area contributed by atoms with E-state index in [4.69, 9.17) is 11.5 Å². The maximum Gasteiger partial charge on any atom is 0.318 e. The van der Waals surface area contributed by atoms with Crippen LogP contribution in [0, 0.1) is 17.8 Å². The number of primary amides is 1. The first-order chi connectivity index (χ1) is 23.1. The van der Waals surface area contributed by atoms with E-state index in [1.807, 2.05) is 6.92 Å². The summed E-state index contributed by atoms with van der Waals surface area (Å²) >= 11 is 8.13. The maximum absolute atomic E-state index is 13.8. The molecule has 1 aliphatic heterocycles. The van der Waals surface area contributed by atoms with Gasteiger partial charge in [0.25, 0.3) is 0 Å². The number of nitrogens with two attached hydrogens (primary N) is 2. The van der Waals surface area contributed by atoms with Gasteiger partial charge in [-0.15, -0.1) is 0 Å². The number of aliphatic hydroxyl groups is 1. The first kappa shape index (κ1) is 41.5. The Kier molecular flexibility index (Phi) is 16.5. The second-order valence-electron chi connectivity index (χ2n) is 12.3. The Labute approximate surface area is 295 Å². The quantitative estimate of drug-likeness (QED) is 0.0753. The van der Waals surface area contributed by atoms with Crippen molar-refractivity contribution in [3.05, 3.63) is 29.8 Å². The van der Waals surface area contributed by atoms with Crippen molar-refractivity contribution in [2.45, 2.75) is 81.8 Å². The number of aromatic hydroxyl groups is 1. The van der Waals surface area contributed by atoms with Crippen LogP contribution in [0.1, 0.15) is 51.5 Å². The number of carboxylic acid groups (broad SMARTS) is 1. The van der Waals surface area contributed by atoms with Crippen molar-refractivity contribution in [3.63, 3.8) is 0 Å². The number of hydrogen-bond donors (Lipinski definition) is 9. The molecule has 9 N–H and O–H groups in total. The van der Waals surface area contributed by atoms with Crippen molar-refractivity contribution in [1.82, 2.24) is 15.5 Å². The van der Waals surface area contributed by atoms with Gasteiger partial charge in [-0.3, -0.25) is 33.6 Å². The van der Waals surface area contributed by atoms with Crippen LogP contribution in [0.25, 0.3) is 0 Å². The minimum atomic E-state index is -1.45. The molecule has 0 bridgehead atoms. The highest BCUT2D eigenvalue weighted by Crippen LogP contribution is 2.28. The van der Waals surface area contributed by atoms with Gasteiger partial charge < -0.3 is 42.3 Å². The molecule has 4 amide bonds. The highest BCUT2D eigenvalue weighted by Gasteiger charge is 2.41. The number of carbonyl (C=O) groups excluding carboxylic acids is 6. The van der Waals surface area contributed by atoms with Gasteiger partial charge in [0, 0.05) is 37.0 Å². The molecule has 8 atom stereocenters. The number of aliphatic hydroxyl groups excluding tert-OH is 1. The predicted octanol–water partition coefficient (Wildman–Crippen LogP) is -0.790. The van der Waals surface area contributed by atoms with Crippen LogP contribution in [-0.4, -0.2) is 110 Å². The lowest BCUT2D eigenvalue weighted by atomic mass is 9.84. The summed E-state index contributed by atoms with van der Waals surface area (Å²) in [4.78, 5) is 91.2. The highest BCUT2D eigenvalue weighted by atomic mass is 32.1. The number of hydrogen-bond acceptors (Lipinski definition) is 12. The number of phenolic OH excluding ortho intramolecular Hbond substituents is 1. The molecule has 0 unspecified atom stereocenters. The Morgan fingerprint density at radius 2 is 1.65 bits per heavy atom. The fraction of sp³-hybridized carbons (Fsp3) is 0.594. The van der Waals surface area contributed by atoms with E-state index in [1.165, 1.54) is 17.0 Å². The number of likely N-dealkylation sites (tertiary alicyclic amines) is 1. The molecular weight excluding hydrogens is 679 g/mol. The number of nitrogens with zero attached hydrogens (tertiary/aromatic N) is 1. The number of Topliss-reactive ketones (excluding diaryl/α,β-unsaturated/α-hetero) is 2. The summed E-state index contributed by atoms with van der Waals surface area (Å²) in [5.41, 5.74) is 11.7. The monoisotopic (exact) mass is 725 g/mol. The standard InChI is InChI=1S/C32H47N5O10S2/c1-3-16(2)20(13-25(41)26(33)27(49)32(46)47)31(45)37-10-4-5-23(37)30(44)36-22(15-48)24(40)12-18(11-17-6-8-19(39)9-7-17)29(43)35-21(14-38)28(34)42/h6-9,16,18,20-23,26-27,38-39,48-49H,3-5,10-15,33H2,1-2H3,(H2,34,42)(H,35,43)(H,36,44)(H,46,47)/t16-,18+,20-,21-,22-,23-,26+,27+/m0/s1. The van der Waals surface area contributed by atoms with Crippen LogP contribution in [0.4, 0.5) is 0 Å². The third kappa shape index (κ3) is 11.7. The van der Waals surface area contributed by atoms with Crippen LogP contribution in [0.3, 0.4) is 0 Å². The fourth-order valence-corrected chi connectivity index (χ4v) is 6.03.